The van der Waals surface area contributed by atoms with Crippen LogP contribution < -0.4 is 5.32 Å². The van der Waals surface area contributed by atoms with Crippen molar-refractivity contribution in [1.29, 1.82) is 0 Å². The van der Waals surface area contributed by atoms with Crippen molar-refractivity contribution in [2.24, 2.45) is 5.92 Å². The first kappa shape index (κ1) is 35.5. The molecule has 2 aliphatic rings. The first-order chi connectivity index (χ1) is 24.1. The monoisotopic (exact) mass is 676 g/mol. The van der Waals surface area contributed by atoms with Gasteiger partial charge >= 0.3 is 5.97 Å². The highest BCUT2D eigenvalue weighted by atomic mass is 16.7. The van der Waals surface area contributed by atoms with Crippen LogP contribution in [0.4, 0.5) is 0 Å². The predicted octanol–water partition coefficient (Wildman–Crippen LogP) is 7.37. The molecule has 6 rings (SSSR count). The number of hydrogen-bond donors (Lipinski definition) is 2. The van der Waals surface area contributed by atoms with E-state index in [4.69, 9.17) is 14.2 Å². The van der Waals surface area contributed by atoms with Crippen LogP contribution in [0.3, 0.4) is 0 Å². The molecule has 0 bridgehead atoms. The summed E-state index contributed by atoms with van der Waals surface area (Å²) < 4.78 is 19.2. The normalized spacial score (nSPS) is 22.6. The molecular formula is C42H48N2O6. The quantitative estimate of drug-likeness (QED) is 0.169. The van der Waals surface area contributed by atoms with Crippen molar-refractivity contribution < 1.29 is 28.9 Å². The van der Waals surface area contributed by atoms with Gasteiger partial charge in [0.1, 0.15) is 11.6 Å². The largest absolute Gasteiger partial charge is 0.459 e. The lowest BCUT2D eigenvalue weighted by atomic mass is 9.89. The standard InChI is InChI=1S/C42H48N2O6/c1-28-37(26-44-24-10-15-36(44)40(47)50-42(2,3)4)48-41(49-38(28)31-18-16-29(27-45)17-19-31)33-22-20-30(21-23-33)35-14-9-8-13-34(35)25-43-39(46)32-11-6-5-7-12-32/h5-9,11-14,16-23,28,36-38,41,45H,10,15,24-27H2,1-4H3,(H,43,46). The lowest BCUT2D eigenvalue weighted by Crippen LogP contribution is -2.48. The summed E-state index contributed by atoms with van der Waals surface area (Å²) in [5.41, 5.74) is 5.90. The molecule has 0 radical (unpaired) electrons. The molecule has 1 amide bonds. The molecule has 2 aliphatic heterocycles. The van der Waals surface area contributed by atoms with E-state index in [1.54, 1.807) is 12.1 Å². The van der Waals surface area contributed by atoms with Crippen LogP contribution >= 0.6 is 0 Å². The molecule has 0 aromatic heterocycles. The number of hydrogen-bond acceptors (Lipinski definition) is 7. The van der Waals surface area contributed by atoms with E-state index in [0.29, 0.717) is 18.7 Å². The van der Waals surface area contributed by atoms with Gasteiger partial charge in [-0.25, -0.2) is 0 Å². The van der Waals surface area contributed by atoms with Crippen LogP contribution in [0.15, 0.2) is 103 Å². The second-order valence-electron chi connectivity index (χ2n) is 14.3. The van der Waals surface area contributed by atoms with Gasteiger partial charge in [0.15, 0.2) is 6.29 Å². The number of carbonyl (C=O) groups is 2. The fourth-order valence-corrected chi connectivity index (χ4v) is 6.88. The molecule has 4 aromatic rings. The van der Waals surface area contributed by atoms with E-state index in [0.717, 1.165) is 52.8 Å². The van der Waals surface area contributed by atoms with E-state index in [-0.39, 0.29) is 42.7 Å². The summed E-state index contributed by atoms with van der Waals surface area (Å²) in [7, 11) is 0. The zero-order chi connectivity index (χ0) is 35.3. The first-order valence-electron chi connectivity index (χ1n) is 17.6. The van der Waals surface area contributed by atoms with Gasteiger partial charge in [-0.3, -0.25) is 14.5 Å². The Hall–Kier alpha value is -4.34. The number of benzene rings is 4. The molecule has 5 atom stereocenters. The number of aliphatic hydroxyl groups is 1. The maximum absolute atomic E-state index is 13.2. The third kappa shape index (κ3) is 8.50. The minimum absolute atomic E-state index is 0.0108. The molecule has 2 fully saturated rings. The molecule has 262 valence electrons. The number of nitrogens with one attached hydrogen (secondary N) is 1. The summed E-state index contributed by atoms with van der Waals surface area (Å²) >= 11 is 0. The molecule has 0 saturated carbocycles. The van der Waals surface area contributed by atoms with Crippen LogP contribution in [0.5, 0.6) is 0 Å². The lowest BCUT2D eigenvalue weighted by molar-refractivity contribution is -0.276. The summed E-state index contributed by atoms with van der Waals surface area (Å²) in [6.07, 6.45) is 0.586. The van der Waals surface area contributed by atoms with Gasteiger partial charge in [0.25, 0.3) is 5.91 Å². The van der Waals surface area contributed by atoms with Crippen molar-refractivity contribution >= 4 is 11.9 Å². The zero-order valence-corrected chi connectivity index (χ0v) is 29.4. The Labute approximate surface area is 295 Å². The number of nitrogens with zero attached hydrogens (tertiary/aromatic N) is 1. The highest BCUT2D eigenvalue weighted by molar-refractivity contribution is 5.94. The van der Waals surface area contributed by atoms with Gasteiger partial charge in [-0.05, 0) is 80.1 Å². The van der Waals surface area contributed by atoms with Gasteiger partial charge in [-0.15, -0.1) is 0 Å². The highest BCUT2D eigenvalue weighted by Gasteiger charge is 2.42. The maximum Gasteiger partial charge on any atom is 0.323 e. The molecule has 2 heterocycles. The van der Waals surface area contributed by atoms with Crippen LogP contribution in [-0.4, -0.2) is 52.7 Å². The van der Waals surface area contributed by atoms with Crippen molar-refractivity contribution in [3.63, 3.8) is 0 Å². The summed E-state index contributed by atoms with van der Waals surface area (Å²) in [6, 6.07) is 33.1. The summed E-state index contributed by atoms with van der Waals surface area (Å²) in [6.45, 7) is 9.61. The van der Waals surface area contributed by atoms with E-state index in [2.05, 4.69) is 35.3 Å². The minimum Gasteiger partial charge on any atom is -0.459 e. The molecule has 0 aliphatic carbocycles. The average molecular weight is 677 g/mol. The van der Waals surface area contributed by atoms with Gasteiger partial charge in [0.2, 0.25) is 0 Å². The molecule has 5 unspecified atom stereocenters. The Morgan fingerprint density at radius 3 is 2.26 bits per heavy atom. The van der Waals surface area contributed by atoms with E-state index >= 15 is 0 Å². The van der Waals surface area contributed by atoms with Crippen LogP contribution in [0.25, 0.3) is 11.1 Å². The molecule has 50 heavy (non-hydrogen) atoms. The maximum atomic E-state index is 13.2. The summed E-state index contributed by atoms with van der Waals surface area (Å²) in [5, 5.41) is 12.7. The SMILES string of the molecule is CC1C(CN2CCCC2C(=O)OC(C)(C)C)OC(c2ccc(-c3ccccc3CNC(=O)c3ccccc3)cc2)OC1c1ccc(CO)cc1. The van der Waals surface area contributed by atoms with Gasteiger partial charge in [0.05, 0.1) is 18.8 Å². The Morgan fingerprint density at radius 1 is 0.880 bits per heavy atom. The van der Waals surface area contributed by atoms with Crippen molar-refractivity contribution in [2.45, 2.75) is 83.8 Å². The van der Waals surface area contributed by atoms with E-state index in [1.165, 1.54) is 0 Å². The Bertz CT molecular complexity index is 1740. The van der Waals surface area contributed by atoms with Crippen molar-refractivity contribution in [1.82, 2.24) is 10.2 Å². The second-order valence-corrected chi connectivity index (χ2v) is 14.3. The number of esters is 1. The second kappa shape index (κ2) is 15.7. The fraction of sp³-hybridized carbons (Fsp3) is 0.381. The van der Waals surface area contributed by atoms with Gasteiger partial charge in [-0.1, -0.05) is 97.9 Å². The number of aliphatic hydroxyl groups excluding tert-OH is 1. The van der Waals surface area contributed by atoms with Crippen LogP contribution in [0.1, 0.15) is 85.5 Å². The molecule has 2 saturated heterocycles. The molecular weight excluding hydrogens is 628 g/mol. The smallest absolute Gasteiger partial charge is 0.323 e. The van der Waals surface area contributed by atoms with Gasteiger partial charge < -0.3 is 24.6 Å². The Morgan fingerprint density at radius 2 is 1.56 bits per heavy atom. The topological polar surface area (TPSA) is 97.3 Å². The molecule has 0 spiro atoms. The predicted molar refractivity (Wildman–Crippen MR) is 193 cm³/mol. The Balaban J connectivity index is 1.22. The number of amides is 1. The van der Waals surface area contributed by atoms with Crippen molar-refractivity contribution in [3.05, 3.63) is 131 Å². The van der Waals surface area contributed by atoms with Gasteiger partial charge in [0, 0.05) is 30.1 Å². The minimum atomic E-state index is -0.629. The average Bonchev–Trinajstić information content (AvgIpc) is 3.60. The van der Waals surface area contributed by atoms with Crippen LogP contribution in [0.2, 0.25) is 0 Å². The summed E-state index contributed by atoms with van der Waals surface area (Å²) in [4.78, 5) is 28.1. The van der Waals surface area contributed by atoms with Crippen molar-refractivity contribution in [3.8, 4) is 11.1 Å². The Kier molecular flexibility index (Phi) is 11.1. The third-order valence-corrected chi connectivity index (χ3v) is 9.57. The number of likely N-dealkylation sites (tertiary alicyclic amines) is 1. The number of carbonyl (C=O) groups excluding carboxylic acids is 2. The van der Waals surface area contributed by atoms with Crippen LogP contribution in [-0.2, 0) is 32.2 Å². The van der Waals surface area contributed by atoms with Gasteiger partial charge in [-0.2, -0.15) is 0 Å². The first-order valence-corrected chi connectivity index (χ1v) is 17.6. The lowest BCUT2D eigenvalue weighted by Gasteiger charge is -2.43. The number of ether oxygens (including phenoxy) is 3. The van der Waals surface area contributed by atoms with E-state index in [9.17, 15) is 14.7 Å². The van der Waals surface area contributed by atoms with Crippen molar-refractivity contribution in [2.75, 3.05) is 13.1 Å². The zero-order valence-electron chi connectivity index (χ0n) is 29.4. The van der Waals surface area contributed by atoms with E-state index in [1.807, 2.05) is 93.6 Å². The molecule has 8 nitrogen and oxygen atoms in total. The molecule has 8 heteroatoms. The highest BCUT2D eigenvalue weighted by Crippen LogP contribution is 2.43. The van der Waals surface area contributed by atoms with E-state index < -0.39 is 11.9 Å². The molecule has 4 aromatic carbocycles. The molecule has 2 N–H and O–H groups in total. The fourth-order valence-electron chi connectivity index (χ4n) is 6.88. The third-order valence-electron chi connectivity index (χ3n) is 9.57. The summed E-state index contributed by atoms with van der Waals surface area (Å²) in [5.74, 6) is -0.306. The number of rotatable bonds is 10. The van der Waals surface area contributed by atoms with Crippen LogP contribution in [0, 0.1) is 5.92 Å².